The van der Waals surface area contributed by atoms with Crippen LogP contribution in [0.3, 0.4) is 0 Å². The molecular weight excluding hydrogens is 338 g/mol. The van der Waals surface area contributed by atoms with Crippen molar-refractivity contribution < 1.29 is 22.0 Å². The Morgan fingerprint density at radius 2 is 1.88 bits per heavy atom. The number of hydrogen-bond donors (Lipinski definition) is 1. The van der Waals surface area contributed by atoms with E-state index in [-0.39, 0.29) is 12.3 Å². The van der Waals surface area contributed by atoms with Gasteiger partial charge in [-0.25, -0.2) is 0 Å². The molecular formula is C19H20NO4S+. The maximum absolute atomic E-state index is 11.2. The monoisotopic (exact) mass is 358 g/mol. The molecule has 0 atom stereocenters. The summed E-state index contributed by atoms with van der Waals surface area (Å²) in [5.41, 5.74) is 3.55. The summed E-state index contributed by atoms with van der Waals surface area (Å²) in [6.07, 6.45) is 4.61. The second kappa shape index (κ2) is 7.21. The summed E-state index contributed by atoms with van der Waals surface area (Å²) in [5, 5.41) is 0. The Hall–Kier alpha value is -2.44. The zero-order valence-corrected chi connectivity index (χ0v) is 14.7. The summed E-state index contributed by atoms with van der Waals surface area (Å²) in [4.78, 5) is 0. The van der Waals surface area contributed by atoms with Gasteiger partial charge in [0, 0.05) is 12.1 Å². The lowest BCUT2D eigenvalue weighted by Crippen LogP contribution is -2.38. The van der Waals surface area contributed by atoms with Crippen molar-refractivity contribution in [3.05, 3.63) is 60.5 Å². The molecule has 0 aliphatic carbocycles. The number of rotatable bonds is 6. The van der Waals surface area contributed by atoms with Crippen LogP contribution in [-0.4, -0.2) is 18.7 Å². The summed E-state index contributed by atoms with van der Waals surface area (Å²) < 4.78 is 39.1. The van der Waals surface area contributed by atoms with Gasteiger partial charge in [0.2, 0.25) is 5.58 Å². The smallest absolute Gasteiger partial charge is 0.373 e. The van der Waals surface area contributed by atoms with Gasteiger partial charge in [-0.2, -0.15) is 13.0 Å². The maximum Gasteiger partial charge on any atom is 0.373 e. The molecule has 5 nitrogen and oxygen atoms in total. The van der Waals surface area contributed by atoms with Crippen molar-refractivity contribution in [2.75, 3.05) is 5.75 Å². The first kappa shape index (κ1) is 17.4. The van der Waals surface area contributed by atoms with E-state index in [9.17, 15) is 8.42 Å². The highest BCUT2D eigenvalue weighted by Gasteiger charge is 2.23. The molecule has 1 heterocycles. The van der Waals surface area contributed by atoms with Gasteiger partial charge in [0.15, 0.2) is 6.54 Å². The van der Waals surface area contributed by atoms with Crippen molar-refractivity contribution in [3.63, 3.8) is 0 Å². The third kappa shape index (κ3) is 4.15. The van der Waals surface area contributed by atoms with Crippen LogP contribution < -0.4 is 4.57 Å². The normalized spacial score (nSPS) is 12.2. The topological polar surface area (TPSA) is 71.4 Å². The number of aromatic nitrogens is 1. The van der Waals surface area contributed by atoms with Crippen molar-refractivity contribution in [2.24, 2.45) is 0 Å². The van der Waals surface area contributed by atoms with Crippen LogP contribution in [0, 0.1) is 0 Å². The fourth-order valence-corrected chi connectivity index (χ4v) is 3.10. The van der Waals surface area contributed by atoms with Gasteiger partial charge in [0.1, 0.15) is 5.75 Å². The summed E-state index contributed by atoms with van der Waals surface area (Å²) in [5.74, 6) is 0.195. The van der Waals surface area contributed by atoms with Crippen molar-refractivity contribution in [1.82, 2.24) is 0 Å². The van der Waals surface area contributed by atoms with Crippen molar-refractivity contribution in [2.45, 2.75) is 19.9 Å². The average molecular weight is 358 g/mol. The standard InChI is InChI=1S/C19H19NO4S/c1-2-3-9-19-20(12-13-25(21,22)23)17-14-16(10-11-18(17)24-19)15-7-5-4-6-8-15/h3-11,14H,2,12-13H2,1H3/p+1/b9-3-. The van der Waals surface area contributed by atoms with Gasteiger partial charge in [0.25, 0.3) is 15.6 Å². The molecule has 0 bridgehead atoms. The van der Waals surface area contributed by atoms with Gasteiger partial charge < -0.3 is 4.42 Å². The van der Waals surface area contributed by atoms with E-state index in [4.69, 9.17) is 8.97 Å². The van der Waals surface area contributed by atoms with Gasteiger partial charge in [-0.15, -0.1) is 0 Å². The quantitative estimate of drug-likeness (QED) is 0.539. The van der Waals surface area contributed by atoms with Crippen molar-refractivity contribution in [3.8, 4) is 11.1 Å². The molecule has 3 rings (SSSR count). The van der Waals surface area contributed by atoms with Crippen LogP contribution in [0.25, 0.3) is 28.3 Å². The Bertz CT molecular complexity index is 1000. The minimum atomic E-state index is -4.05. The Kier molecular flexibility index (Phi) is 5.01. The van der Waals surface area contributed by atoms with Crippen LogP contribution in [0.4, 0.5) is 0 Å². The zero-order chi connectivity index (χ0) is 17.9. The zero-order valence-electron chi connectivity index (χ0n) is 13.9. The molecule has 2 aromatic carbocycles. The number of allylic oxidation sites excluding steroid dienone is 1. The number of fused-ring (bicyclic) bond motifs is 1. The van der Waals surface area contributed by atoms with Crippen LogP contribution in [0.15, 0.2) is 59.0 Å². The lowest BCUT2D eigenvalue weighted by Gasteiger charge is -2.00. The van der Waals surface area contributed by atoms with Crippen molar-refractivity contribution in [1.29, 1.82) is 0 Å². The molecule has 1 N–H and O–H groups in total. The van der Waals surface area contributed by atoms with Crippen LogP contribution in [0.5, 0.6) is 0 Å². The summed E-state index contributed by atoms with van der Waals surface area (Å²) in [6.45, 7) is 2.13. The lowest BCUT2D eigenvalue weighted by molar-refractivity contribution is -0.673. The molecule has 0 fully saturated rings. The molecule has 0 aliphatic heterocycles. The molecule has 0 saturated carbocycles. The second-order valence-corrected chi connectivity index (χ2v) is 7.31. The fourth-order valence-electron chi connectivity index (χ4n) is 2.69. The van der Waals surface area contributed by atoms with E-state index >= 15 is 0 Å². The largest absolute Gasteiger partial charge is 0.398 e. The van der Waals surface area contributed by atoms with Crippen molar-refractivity contribution >= 4 is 27.3 Å². The van der Waals surface area contributed by atoms with Gasteiger partial charge in [-0.05, 0) is 23.6 Å². The predicted molar refractivity (Wildman–Crippen MR) is 97.6 cm³/mol. The third-order valence-electron chi connectivity index (χ3n) is 3.91. The molecule has 0 amide bonds. The number of oxazole rings is 1. The van der Waals surface area contributed by atoms with E-state index in [0.29, 0.717) is 11.5 Å². The number of hydrogen-bond acceptors (Lipinski definition) is 3. The maximum atomic E-state index is 11.2. The Labute approximate surface area is 147 Å². The summed E-state index contributed by atoms with van der Waals surface area (Å²) >= 11 is 0. The van der Waals surface area contributed by atoms with Crippen LogP contribution in [0.2, 0.25) is 0 Å². The van der Waals surface area contributed by atoms with E-state index in [0.717, 1.165) is 23.1 Å². The van der Waals surface area contributed by atoms with E-state index < -0.39 is 10.1 Å². The Morgan fingerprint density at radius 3 is 2.56 bits per heavy atom. The van der Waals surface area contributed by atoms with Gasteiger partial charge in [-0.1, -0.05) is 49.4 Å². The van der Waals surface area contributed by atoms with Crippen LogP contribution in [0.1, 0.15) is 19.2 Å². The first-order valence-electron chi connectivity index (χ1n) is 8.11. The van der Waals surface area contributed by atoms with E-state index in [1.165, 1.54) is 0 Å². The fraction of sp³-hybridized carbons (Fsp3) is 0.211. The Morgan fingerprint density at radius 1 is 1.12 bits per heavy atom. The molecule has 3 aromatic rings. The number of nitrogens with zero attached hydrogens (tertiary/aromatic N) is 1. The molecule has 6 heteroatoms. The Balaban J connectivity index is 2.11. The van der Waals surface area contributed by atoms with E-state index in [1.54, 1.807) is 4.57 Å². The average Bonchev–Trinajstić information content (AvgIpc) is 2.95. The third-order valence-corrected chi connectivity index (χ3v) is 4.60. The van der Waals surface area contributed by atoms with Gasteiger partial charge in [-0.3, -0.25) is 4.55 Å². The second-order valence-electron chi connectivity index (χ2n) is 5.74. The summed E-state index contributed by atoms with van der Waals surface area (Å²) in [7, 11) is -4.05. The lowest BCUT2D eigenvalue weighted by atomic mass is 10.1. The van der Waals surface area contributed by atoms with Gasteiger partial charge >= 0.3 is 5.89 Å². The minimum absolute atomic E-state index is 0.119. The molecule has 0 unspecified atom stereocenters. The molecule has 0 radical (unpaired) electrons. The molecule has 0 aliphatic rings. The molecule has 130 valence electrons. The predicted octanol–water partition coefficient (Wildman–Crippen LogP) is 3.70. The highest BCUT2D eigenvalue weighted by molar-refractivity contribution is 7.85. The van der Waals surface area contributed by atoms with E-state index in [1.807, 2.05) is 67.6 Å². The molecule has 0 spiro atoms. The SMILES string of the molecule is CC/C=C\c1oc2ccc(-c3ccccc3)cc2[n+]1CCS(=O)(=O)O. The number of aryl methyl sites for hydroxylation is 1. The van der Waals surface area contributed by atoms with Gasteiger partial charge in [0.05, 0.1) is 0 Å². The highest BCUT2D eigenvalue weighted by atomic mass is 32.2. The summed E-state index contributed by atoms with van der Waals surface area (Å²) in [6, 6.07) is 15.8. The van der Waals surface area contributed by atoms with E-state index in [2.05, 4.69) is 0 Å². The molecule has 25 heavy (non-hydrogen) atoms. The minimum Gasteiger partial charge on any atom is -0.398 e. The first-order chi connectivity index (χ1) is 12.0. The van der Waals surface area contributed by atoms with Crippen LogP contribution in [-0.2, 0) is 16.7 Å². The highest BCUT2D eigenvalue weighted by Crippen LogP contribution is 2.24. The molecule has 1 aromatic heterocycles. The number of benzene rings is 2. The van der Waals surface area contributed by atoms with Crippen LogP contribution >= 0.6 is 0 Å². The molecule has 0 saturated heterocycles. The first-order valence-corrected chi connectivity index (χ1v) is 9.72.